The molecular formula is C22H23F2N7O10P2S2. The summed E-state index contributed by atoms with van der Waals surface area (Å²) in [4.78, 5) is 61.0. The zero-order valence-electron chi connectivity index (χ0n) is 22.5. The van der Waals surface area contributed by atoms with E-state index in [0.717, 1.165) is 10.9 Å². The van der Waals surface area contributed by atoms with Crippen LogP contribution in [0.1, 0.15) is 29.2 Å². The number of nitrogens with zero attached hydrogens (tertiary/aromatic N) is 5. The van der Waals surface area contributed by atoms with Gasteiger partial charge in [0.15, 0.2) is 41.7 Å². The van der Waals surface area contributed by atoms with E-state index in [9.17, 15) is 19.4 Å². The number of carbonyl (C=O) groups is 1. The van der Waals surface area contributed by atoms with E-state index in [4.69, 9.17) is 56.9 Å². The zero-order chi connectivity index (χ0) is 31.8. The van der Waals surface area contributed by atoms with Gasteiger partial charge in [0.1, 0.15) is 30.2 Å². The lowest BCUT2D eigenvalue weighted by Gasteiger charge is -2.27. The number of hydrogen-bond donors (Lipinski definition) is 4. The van der Waals surface area contributed by atoms with Crippen LogP contribution in [0.5, 0.6) is 0 Å². The van der Waals surface area contributed by atoms with Crippen molar-refractivity contribution in [2.45, 2.75) is 55.6 Å². The number of nitrogen functional groups attached to an aromatic ring is 1. The maximum Gasteiger partial charge on any atom is 0.325 e. The number of aliphatic imine (C=N–C) groups is 1. The number of ketones is 1. The van der Waals surface area contributed by atoms with Crippen molar-refractivity contribution >= 4 is 72.0 Å². The predicted molar refractivity (Wildman–Crippen MR) is 156 cm³/mol. The Morgan fingerprint density at radius 1 is 1.00 bits per heavy atom. The molecule has 4 aliphatic rings. The molecule has 10 atom stereocenters. The average molecular weight is 710 g/mol. The first kappa shape index (κ1) is 31.2. The highest BCUT2D eigenvalue weighted by atomic mass is 32.5. The monoisotopic (exact) mass is 709 g/mol. The Morgan fingerprint density at radius 2 is 1.69 bits per heavy atom. The quantitative estimate of drug-likeness (QED) is 0.275. The fourth-order valence-corrected chi connectivity index (χ4v) is 8.34. The normalized spacial score (nSPS) is 38.8. The molecule has 7 heterocycles. The van der Waals surface area contributed by atoms with Crippen molar-refractivity contribution in [3.63, 3.8) is 0 Å². The summed E-state index contributed by atoms with van der Waals surface area (Å²) in [5, 5.41) is 0. The molecule has 45 heavy (non-hydrogen) atoms. The third kappa shape index (κ3) is 5.64. The molecule has 0 aliphatic carbocycles. The molecule has 3 fully saturated rings. The number of alkyl halides is 2. The third-order valence-electron chi connectivity index (χ3n) is 7.52. The molecule has 17 nitrogen and oxygen atoms in total. The molecule has 0 aromatic carbocycles. The van der Waals surface area contributed by atoms with Crippen LogP contribution >= 0.6 is 13.4 Å². The van der Waals surface area contributed by atoms with Crippen LogP contribution in [0.3, 0.4) is 0 Å². The zero-order valence-corrected chi connectivity index (χ0v) is 25.9. The Kier molecular flexibility index (Phi) is 7.90. The van der Waals surface area contributed by atoms with Gasteiger partial charge in [-0.1, -0.05) is 0 Å². The van der Waals surface area contributed by atoms with Gasteiger partial charge < -0.3 is 38.6 Å². The molecule has 5 N–H and O–H groups in total. The molecule has 0 amide bonds. The lowest BCUT2D eigenvalue weighted by Crippen LogP contribution is -2.34. The van der Waals surface area contributed by atoms with Crippen molar-refractivity contribution in [2.24, 2.45) is 4.99 Å². The van der Waals surface area contributed by atoms with E-state index in [-0.39, 0.29) is 40.7 Å². The van der Waals surface area contributed by atoms with E-state index in [1.54, 1.807) is 0 Å². The minimum atomic E-state index is -4.35. The van der Waals surface area contributed by atoms with Crippen molar-refractivity contribution in [2.75, 3.05) is 18.9 Å². The topological polar surface area (TPSA) is 220 Å². The Balaban J connectivity index is 1.20. The van der Waals surface area contributed by atoms with E-state index in [1.807, 2.05) is 0 Å². The molecular weight excluding hydrogens is 686 g/mol. The number of rotatable bonds is 2. The number of hydrogen-bond acceptors (Lipinski definition) is 14. The largest absolute Gasteiger partial charge is 0.369 e. The van der Waals surface area contributed by atoms with E-state index in [1.165, 1.54) is 23.0 Å². The SMILES string of the molecule is Nc1nc2c(ncn2[C@@H]2O[C@@H]3COP(O)(=S)O[C@H]4[C@H](F)[C@H](n5ccc6c5N=CCC6=O)O[C@@H]4COP(O)(=S)O[C@@H]2[C@@H]3F)c(=O)[nH]1. The molecule has 0 saturated carbocycles. The molecule has 3 aromatic rings. The first-order valence-corrected chi connectivity index (χ1v) is 18.4. The van der Waals surface area contributed by atoms with Crippen LogP contribution in [0.2, 0.25) is 0 Å². The van der Waals surface area contributed by atoms with Crippen LogP contribution in [0.25, 0.3) is 11.2 Å². The highest BCUT2D eigenvalue weighted by Crippen LogP contribution is 2.55. The Bertz CT molecular complexity index is 1870. The molecule has 242 valence electrons. The number of ether oxygens (including phenoxy) is 2. The van der Waals surface area contributed by atoms with Crippen molar-refractivity contribution in [1.82, 2.24) is 24.1 Å². The molecule has 3 aromatic heterocycles. The van der Waals surface area contributed by atoms with Gasteiger partial charge >= 0.3 is 13.4 Å². The highest BCUT2D eigenvalue weighted by Gasteiger charge is 2.53. The van der Waals surface area contributed by atoms with Gasteiger partial charge in [-0.25, -0.2) is 18.8 Å². The minimum Gasteiger partial charge on any atom is -0.369 e. The van der Waals surface area contributed by atoms with Gasteiger partial charge in [0.25, 0.3) is 5.56 Å². The van der Waals surface area contributed by atoms with Crippen LogP contribution < -0.4 is 11.3 Å². The summed E-state index contributed by atoms with van der Waals surface area (Å²) in [6.07, 6.45) is -9.11. The number of anilines is 1. The Morgan fingerprint density at radius 3 is 2.44 bits per heavy atom. The van der Waals surface area contributed by atoms with Gasteiger partial charge in [-0.3, -0.25) is 28.2 Å². The minimum absolute atomic E-state index is 0.0852. The molecule has 0 spiro atoms. The van der Waals surface area contributed by atoms with Crippen LogP contribution in [-0.2, 0) is 51.2 Å². The van der Waals surface area contributed by atoms with E-state index < -0.39 is 81.4 Å². The summed E-state index contributed by atoms with van der Waals surface area (Å²) in [6.45, 7) is -10.0. The fraction of sp³-hybridized carbons (Fsp3) is 0.500. The van der Waals surface area contributed by atoms with E-state index in [2.05, 4.69) is 19.9 Å². The fourth-order valence-electron chi connectivity index (χ4n) is 5.50. The molecule has 3 saturated heterocycles. The average Bonchev–Trinajstić information content (AvgIpc) is 3.72. The second-order valence-corrected chi connectivity index (χ2v) is 15.9. The number of aromatic amines is 1. The van der Waals surface area contributed by atoms with Gasteiger partial charge in [0.05, 0.1) is 25.1 Å². The number of aromatic nitrogens is 5. The predicted octanol–water partition coefficient (Wildman–Crippen LogP) is 1.21. The number of Topliss-reactive ketones (excluding diaryl/α,β-unsaturated/α-hetero) is 1. The maximum atomic E-state index is 16.0. The van der Waals surface area contributed by atoms with Gasteiger partial charge in [0.2, 0.25) is 5.95 Å². The summed E-state index contributed by atoms with van der Waals surface area (Å²) in [6, 6.07) is 1.47. The summed E-state index contributed by atoms with van der Waals surface area (Å²) < 4.78 is 68.0. The maximum absolute atomic E-state index is 16.0. The van der Waals surface area contributed by atoms with Crippen LogP contribution in [-0.4, -0.2) is 95.8 Å². The molecule has 7 rings (SSSR count). The number of imidazole rings is 1. The number of carbonyl (C=O) groups excluding carboxylic acids is 1. The number of nitrogens with two attached hydrogens (primary N) is 1. The number of nitrogens with one attached hydrogen (secondary N) is 1. The molecule has 0 radical (unpaired) electrons. The van der Waals surface area contributed by atoms with Crippen LogP contribution in [0.4, 0.5) is 20.5 Å². The summed E-state index contributed by atoms with van der Waals surface area (Å²) in [7, 11) is 0. The number of halogens is 2. The number of fused-ring (bicyclic) bond motifs is 5. The molecule has 2 unspecified atom stereocenters. The second-order valence-electron chi connectivity index (χ2n) is 10.4. The lowest BCUT2D eigenvalue weighted by molar-refractivity contribution is -0.0601. The van der Waals surface area contributed by atoms with Crippen LogP contribution in [0, 0.1) is 0 Å². The summed E-state index contributed by atoms with van der Waals surface area (Å²) >= 11 is 10.3. The van der Waals surface area contributed by atoms with E-state index in [0.29, 0.717) is 0 Å². The van der Waals surface area contributed by atoms with Crippen molar-refractivity contribution in [1.29, 1.82) is 0 Å². The lowest BCUT2D eigenvalue weighted by atomic mass is 10.1. The van der Waals surface area contributed by atoms with Gasteiger partial charge in [-0.2, -0.15) is 4.98 Å². The molecule has 4 aliphatic heterocycles. The Hall–Kier alpha value is -2.39. The van der Waals surface area contributed by atoms with E-state index >= 15 is 8.78 Å². The standard InChI is InChI=1S/C22H23F2N7O10P2S2/c23-12-10-5-36-42(34,44)40-15-11(39-20(13(15)24)30-4-2-8-9(32)1-3-26-17(8)30)6-37-43(35,45)41-16(12)21(38-10)31-7-27-14-18(31)28-22(25)29-19(14)33/h2-4,7,10-13,15-16,20-21H,1,5-6H2,(H,34,44)(H,35,45)(H3,25,28,29,33)/t10-,11-,12-,13+,15-,16-,20-,21-,42?,43?/m1/s1. The Labute approximate surface area is 260 Å². The molecule has 2 bridgehead atoms. The van der Waals surface area contributed by atoms with Crippen LogP contribution in [0.15, 0.2) is 28.4 Å². The highest BCUT2D eigenvalue weighted by molar-refractivity contribution is 8.07. The second kappa shape index (κ2) is 11.4. The smallest absolute Gasteiger partial charge is 0.325 e. The summed E-state index contributed by atoms with van der Waals surface area (Å²) in [5.41, 5.74) is 5.03. The third-order valence-corrected chi connectivity index (χ3v) is 10.6. The van der Waals surface area contributed by atoms with Crippen molar-refractivity contribution in [3.05, 3.63) is 34.5 Å². The van der Waals surface area contributed by atoms with Crippen molar-refractivity contribution < 1.29 is 50.9 Å². The van der Waals surface area contributed by atoms with Crippen molar-refractivity contribution in [3.8, 4) is 0 Å². The first-order chi connectivity index (χ1) is 21.3. The van der Waals surface area contributed by atoms with Gasteiger partial charge in [-0.15, -0.1) is 0 Å². The molecule has 23 heteroatoms. The summed E-state index contributed by atoms with van der Waals surface area (Å²) in [5.74, 6) is -0.322. The van der Waals surface area contributed by atoms with Gasteiger partial charge in [0, 0.05) is 18.8 Å². The van der Waals surface area contributed by atoms with Gasteiger partial charge in [-0.05, 0) is 29.7 Å². The first-order valence-electron chi connectivity index (χ1n) is 13.2. The number of H-pyrrole nitrogens is 1.